The summed E-state index contributed by atoms with van der Waals surface area (Å²) in [5.41, 5.74) is 0.972. The first kappa shape index (κ1) is 19.5. The molecule has 0 saturated carbocycles. The number of morpholine rings is 1. The first-order valence-corrected chi connectivity index (χ1v) is 7.76. The van der Waals surface area contributed by atoms with Gasteiger partial charge < -0.3 is 14.6 Å². The molecule has 1 fully saturated rings. The van der Waals surface area contributed by atoms with E-state index in [4.69, 9.17) is 21.1 Å². The minimum atomic E-state index is -0.515. The highest BCUT2D eigenvalue weighted by Gasteiger charge is 2.23. The van der Waals surface area contributed by atoms with Crippen molar-refractivity contribution in [3.63, 3.8) is 0 Å². The summed E-state index contributed by atoms with van der Waals surface area (Å²) in [4.78, 5) is 2.22. The molecule has 1 heterocycles. The third-order valence-electron chi connectivity index (χ3n) is 3.54. The summed E-state index contributed by atoms with van der Waals surface area (Å²) >= 11 is 5.98. The molecule has 1 N–H and O–H groups in total. The van der Waals surface area contributed by atoms with Crippen LogP contribution in [0.25, 0.3) is 0 Å². The third kappa shape index (κ3) is 5.94. The van der Waals surface area contributed by atoms with Gasteiger partial charge in [-0.3, -0.25) is 4.90 Å². The van der Waals surface area contributed by atoms with E-state index in [0.29, 0.717) is 6.54 Å². The Labute approximate surface area is 143 Å². The van der Waals surface area contributed by atoms with Crippen molar-refractivity contribution in [1.29, 1.82) is 0 Å². The van der Waals surface area contributed by atoms with E-state index in [0.717, 1.165) is 29.4 Å². The Kier molecular flexibility index (Phi) is 7.94. The second kappa shape index (κ2) is 8.94. The maximum absolute atomic E-state index is 10.1. The number of aliphatic hydroxyl groups excluding tert-OH is 1. The average molecular weight is 350 g/mol. The van der Waals surface area contributed by atoms with Crippen LogP contribution in [0.3, 0.4) is 0 Å². The molecule has 3 unspecified atom stereocenters. The number of aryl methyl sites for hydroxylation is 1. The van der Waals surface area contributed by atoms with Crippen molar-refractivity contribution in [2.24, 2.45) is 0 Å². The number of rotatable bonds is 5. The van der Waals surface area contributed by atoms with E-state index in [9.17, 15) is 5.11 Å². The predicted molar refractivity (Wildman–Crippen MR) is 91.4 cm³/mol. The van der Waals surface area contributed by atoms with Crippen LogP contribution in [0, 0.1) is 6.92 Å². The lowest BCUT2D eigenvalue weighted by atomic mass is 10.2. The molecule has 1 aromatic rings. The van der Waals surface area contributed by atoms with Crippen LogP contribution in [0.2, 0.25) is 5.02 Å². The van der Waals surface area contributed by atoms with Crippen molar-refractivity contribution in [3.8, 4) is 5.75 Å². The summed E-state index contributed by atoms with van der Waals surface area (Å²) in [6, 6.07) is 5.51. The van der Waals surface area contributed by atoms with Gasteiger partial charge in [-0.05, 0) is 44.5 Å². The van der Waals surface area contributed by atoms with Gasteiger partial charge in [0.05, 0.1) is 12.2 Å². The summed E-state index contributed by atoms with van der Waals surface area (Å²) in [6.45, 7) is 8.63. The Balaban J connectivity index is 0.00000242. The molecular weight excluding hydrogens is 325 g/mol. The van der Waals surface area contributed by atoms with Crippen LogP contribution >= 0.6 is 24.0 Å². The van der Waals surface area contributed by atoms with Gasteiger partial charge in [-0.15, -0.1) is 12.4 Å². The highest BCUT2D eigenvalue weighted by molar-refractivity contribution is 6.31. The Morgan fingerprint density at radius 2 is 2.00 bits per heavy atom. The Morgan fingerprint density at radius 3 is 2.59 bits per heavy atom. The third-order valence-corrected chi connectivity index (χ3v) is 3.96. The van der Waals surface area contributed by atoms with E-state index in [2.05, 4.69) is 18.7 Å². The number of hydrogen-bond acceptors (Lipinski definition) is 4. The lowest BCUT2D eigenvalue weighted by Gasteiger charge is -2.36. The zero-order valence-electron chi connectivity index (χ0n) is 13.3. The molecule has 1 aromatic carbocycles. The van der Waals surface area contributed by atoms with E-state index in [1.807, 2.05) is 25.1 Å². The maximum atomic E-state index is 10.1. The van der Waals surface area contributed by atoms with Gasteiger partial charge in [0, 0.05) is 24.7 Å². The second-order valence-electron chi connectivity index (χ2n) is 5.85. The standard InChI is InChI=1S/C16H24ClNO3.ClH/c1-11-6-15(4-5-16(11)17)20-10-14(19)9-18-7-12(2)21-13(3)8-18;/h4-6,12-14,19H,7-10H2,1-3H3;1H. The molecular formula is C16H25Cl2NO3. The van der Waals surface area contributed by atoms with Gasteiger partial charge in [0.15, 0.2) is 0 Å². The minimum Gasteiger partial charge on any atom is -0.491 e. The summed E-state index contributed by atoms with van der Waals surface area (Å²) < 4.78 is 11.3. The highest BCUT2D eigenvalue weighted by Crippen LogP contribution is 2.21. The number of benzene rings is 1. The number of aliphatic hydroxyl groups is 1. The molecule has 0 radical (unpaired) electrons. The number of nitrogens with zero attached hydrogens (tertiary/aromatic N) is 1. The first-order valence-electron chi connectivity index (χ1n) is 7.39. The molecule has 4 nitrogen and oxygen atoms in total. The molecule has 3 atom stereocenters. The Bertz CT molecular complexity index is 463. The van der Waals surface area contributed by atoms with Crippen molar-refractivity contribution >= 4 is 24.0 Å². The molecule has 0 aromatic heterocycles. The van der Waals surface area contributed by atoms with Crippen molar-refractivity contribution in [3.05, 3.63) is 28.8 Å². The number of ether oxygens (including phenoxy) is 2. The number of hydrogen-bond donors (Lipinski definition) is 1. The second-order valence-corrected chi connectivity index (χ2v) is 6.26. The topological polar surface area (TPSA) is 41.9 Å². The predicted octanol–water partition coefficient (Wildman–Crippen LogP) is 2.92. The zero-order valence-corrected chi connectivity index (χ0v) is 14.9. The quantitative estimate of drug-likeness (QED) is 0.887. The number of halogens is 2. The van der Waals surface area contributed by atoms with Gasteiger partial charge in [-0.25, -0.2) is 0 Å². The smallest absolute Gasteiger partial charge is 0.119 e. The van der Waals surface area contributed by atoms with Crippen LogP contribution in [-0.4, -0.2) is 54.6 Å². The summed E-state index contributed by atoms with van der Waals surface area (Å²) in [6.07, 6.45) is -0.0972. The Morgan fingerprint density at radius 1 is 1.36 bits per heavy atom. The molecule has 0 spiro atoms. The lowest BCUT2D eigenvalue weighted by molar-refractivity contribution is -0.0786. The van der Waals surface area contributed by atoms with Gasteiger partial charge >= 0.3 is 0 Å². The fourth-order valence-corrected chi connectivity index (χ4v) is 2.80. The molecule has 22 heavy (non-hydrogen) atoms. The minimum absolute atomic E-state index is 0. The van der Waals surface area contributed by atoms with Crippen LogP contribution in [0.5, 0.6) is 5.75 Å². The van der Waals surface area contributed by atoms with E-state index in [1.165, 1.54) is 0 Å². The van der Waals surface area contributed by atoms with Crippen LogP contribution < -0.4 is 4.74 Å². The van der Waals surface area contributed by atoms with E-state index in [1.54, 1.807) is 0 Å². The summed E-state index contributed by atoms with van der Waals surface area (Å²) in [7, 11) is 0. The van der Waals surface area contributed by atoms with Crippen molar-refractivity contribution in [2.75, 3.05) is 26.2 Å². The largest absolute Gasteiger partial charge is 0.491 e. The van der Waals surface area contributed by atoms with Crippen molar-refractivity contribution < 1.29 is 14.6 Å². The molecule has 1 aliphatic heterocycles. The van der Waals surface area contributed by atoms with Crippen LogP contribution in [-0.2, 0) is 4.74 Å². The Hall–Kier alpha value is -0.520. The van der Waals surface area contributed by atoms with Crippen molar-refractivity contribution in [2.45, 2.75) is 39.1 Å². The van der Waals surface area contributed by atoms with Gasteiger partial charge in [-0.1, -0.05) is 11.6 Å². The maximum Gasteiger partial charge on any atom is 0.119 e. The fraction of sp³-hybridized carbons (Fsp3) is 0.625. The van der Waals surface area contributed by atoms with Crippen LogP contribution in [0.15, 0.2) is 18.2 Å². The lowest BCUT2D eigenvalue weighted by Crippen LogP contribution is -2.48. The normalized spacial score (nSPS) is 23.7. The van der Waals surface area contributed by atoms with Crippen LogP contribution in [0.1, 0.15) is 19.4 Å². The molecule has 0 aliphatic carbocycles. The zero-order chi connectivity index (χ0) is 15.4. The molecule has 1 aliphatic rings. The first-order chi connectivity index (χ1) is 9.94. The van der Waals surface area contributed by atoms with Gasteiger partial charge in [0.2, 0.25) is 0 Å². The molecule has 126 valence electrons. The molecule has 1 saturated heterocycles. The highest BCUT2D eigenvalue weighted by atomic mass is 35.5. The van der Waals surface area contributed by atoms with Crippen LogP contribution in [0.4, 0.5) is 0 Å². The molecule has 2 rings (SSSR count). The van der Waals surface area contributed by atoms with E-state index >= 15 is 0 Å². The van der Waals surface area contributed by atoms with E-state index < -0.39 is 6.10 Å². The fourth-order valence-electron chi connectivity index (χ4n) is 2.68. The average Bonchev–Trinajstić information content (AvgIpc) is 2.39. The van der Waals surface area contributed by atoms with Gasteiger partial charge in [-0.2, -0.15) is 0 Å². The van der Waals surface area contributed by atoms with Gasteiger partial charge in [0.1, 0.15) is 18.5 Å². The SMILES string of the molecule is Cc1cc(OCC(O)CN2CC(C)OC(C)C2)ccc1Cl.Cl. The van der Waals surface area contributed by atoms with E-state index in [-0.39, 0.29) is 31.2 Å². The number of β-amino-alcohol motifs (C(OH)–C–C–N with tert-alkyl or cyclic N) is 1. The monoisotopic (exact) mass is 349 g/mol. The van der Waals surface area contributed by atoms with Gasteiger partial charge in [0.25, 0.3) is 0 Å². The molecule has 0 bridgehead atoms. The van der Waals surface area contributed by atoms with Crippen molar-refractivity contribution in [1.82, 2.24) is 4.90 Å². The summed E-state index contributed by atoms with van der Waals surface area (Å²) in [5, 5.41) is 10.8. The molecule has 0 amide bonds. The summed E-state index contributed by atoms with van der Waals surface area (Å²) in [5.74, 6) is 0.736. The molecule has 6 heteroatoms.